The number of aliphatic imine (C=N–C) groups is 1. The van der Waals surface area contributed by atoms with Crippen LogP contribution in [0.3, 0.4) is 0 Å². The van der Waals surface area contributed by atoms with Crippen LogP contribution in [0, 0.1) is 0 Å². The van der Waals surface area contributed by atoms with E-state index >= 15 is 0 Å². The zero-order chi connectivity index (χ0) is 19.1. The molecule has 2 fully saturated rings. The standard InChI is InChI=1S/C21H29N3O2S/c1-2-24-20(26)18(15-19(25)22-16-11-9-6-10-12-16)27-21(24)23-17-13-7-4-3-5-8-14-17/h6,9-12,17-18H,2-5,7-8,13-15H2,1H3,(H,22,25)/t18-/m0/s1. The van der Waals surface area contributed by atoms with E-state index in [1.807, 2.05) is 37.3 Å². The molecular weight excluding hydrogens is 358 g/mol. The molecule has 3 rings (SSSR count). The molecule has 6 heteroatoms. The minimum atomic E-state index is -0.374. The number of anilines is 1. The second-order valence-corrected chi connectivity index (χ2v) is 8.39. The number of para-hydroxylation sites is 1. The molecule has 0 bridgehead atoms. The van der Waals surface area contributed by atoms with Crippen LogP contribution >= 0.6 is 11.8 Å². The molecule has 1 aliphatic carbocycles. The van der Waals surface area contributed by atoms with Crippen LogP contribution in [0.1, 0.15) is 58.3 Å². The van der Waals surface area contributed by atoms with Gasteiger partial charge in [-0.25, -0.2) is 0 Å². The second kappa shape index (κ2) is 9.93. The van der Waals surface area contributed by atoms with E-state index in [2.05, 4.69) is 5.32 Å². The summed E-state index contributed by atoms with van der Waals surface area (Å²) in [6.45, 7) is 2.58. The maximum atomic E-state index is 12.7. The number of carbonyl (C=O) groups is 2. The number of nitrogens with zero attached hydrogens (tertiary/aromatic N) is 2. The lowest BCUT2D eigenvalue weighted by Crippen LogP contribution is -2.33. The summed E-state index contributed by atoms with van der Waals surface area (Å²) in [5.41, 5.74) is 0.758. The van der Waals surface area contributed by atoms with Gasteiger partial charge in [0.1, 0.15) is 5.25 Å². The Bertz CT molecular complexity index is 669. The molecule has 2 amide bonds. The first kappa shape index (κ1) is 19.9. The van der Waals surface area contributed by atoms with Crippen LogP contribution in [0.25, 0.3) is 0 Å². The Morgan fingerprint density at radius 2 is 1.81 bits per heavy atom. The third-order valence-electron chi connectivity index (χ3n) is 5.13. The summed E-state index contributed by atoms with van der Waals surface area (Å²) < 4.78 is 0. The first-order valence-corrected chi connectivity index (χ1v) is 11.0. The Labute approximate surface area is 166 Å². The summed E-state index contributed by atoms with van der Waals surface area (Å²) in [6, 6.07) is 9.67. The van der Waals surface area contributed by atoms with Gasteiger partial charge in [0.15, 0.2) is 5.17 Å². The van der Waals surface area contributed by atoms with E-state index in [9.17, 15) is 9.59 Å². The highest BCUT2D eigenvalue weighted by molar-refractivity contribution is 8.15. The Morgan fingerprint density at radius 3 is 2.48 bits per heavy atom. The Kier molecular flexibility index (Phi) is 7.33. The maximum absolute atomic E-state index is 12.7. The van der Waals surface area contributed by atoms with Crippen LogP contribution in [-0.4, -0.2) is 39.7 Å². The second-order valence-electron chi connectivity index (χ2n) is 7.22. The molecule has 27 heavy (non-hydrogen) atoms. The molecule has 1 atom stereocenters. The number of thioether (sulfide) groups is 1. The highest BCUT2D eigenvalue weighted by Crippen LogP contribution is 2.31. The number of nitrogens with one attached hydrogen (secondary N) is 1. The fourth-order valence-electron chi connectivity index (χ4n) is 3.65. The van der Waals surface area contributed by atoms with Gasteiger partial charge in [-0.2, -0.15) is 0 Å². The lowest BCUT2D eigenvalue weighted by Gasteiger charge is -2.19. The predicted molar refractivity (Wildman–Crippen MR) is 112 cm³/mol. The van der Waals surface area contributed by atoms with Gasteiger partial charge >= 0.3 is 0 Å². The quantitative estimate of drug-likeness (QED) is 0.812. The molecule has 0 spiro atoms. The summed E-state index contributed by atoms with van der Waals surface area (Å²) in [5.74, 6) is -0.120. The fourth-order valence-corrected chi connectivity index (χ4v) is 4.92. The van der Waals surface area contributed by atoms with E-state index in [-0.39, 0.29) is 23.5 Å². The highest BCUT2D eigenvalue weighted by Gasteiger charge is 2.38. The molecular formula is C21H29N3O2S. The fraction of sp³-hybridized carbons (Fsp3) is 0.571. The van der Waals surface area contributed by atoms with Crippen molar-refractivity contribution in [2.24, 2.45) is 4.99 Å². The molecule has 0 radical (unpaired) electrons. The molecule has 146 valence electrons. The predicted octanol–water partition coefficient (Wildman–Crippen LogP) is 4.45. The van der Waals surface area contributed by atoms with Gasteiger partial charge in [0, 0.05) is 18.7 Å². The van der Waals surface area contributed by atoms with Crippen LogP contribution in [0.5, 0.6) is 0 Å². The monoisotopic (exact) mass is 387 g/mol. The van der Waals surface area contributed by atoms with Crippen LogP contribution in [0.2, 0.25) is 0 Å². The van der Waals surface area contributed by atoms with Crippen LogP contribution < -0.4 is 5.32 Å². The summed E-state index contributed by atoms with van der Waals surface area (Å²) in [7, 11) is 0. The average Bonchev–Trinajstić information content (AvgIpc) is 2.92. The minimum absolute atomic E-state index is 0.00954. The molecule has 1 saturated carbocycles. The topological polar surface area (TPSA) is 61.8 Å². The Hall–Kier alpha value is -1.82. The lowest BCUT2D eigenvalue weighted by atomic mass is 9.97. The number of amidine groups is 1. The van der Waals surface area contributed by atoms with Crippen LogP contribution in [-0.2, 0) is 9.59 Å². The van der Waals surface area contributed by atoms with Gasteiger partial charge < -0.3 is 5.32 Å². The third-order valence-corrected chi connectivity index (χ3v) is 6.32. The number of hydrogen-bond donors (Lipinski definition) is 1. The van der Waals surface area contributed by atoms with Crippen LogP contribution in [0.15, 0.2) is 35.3 Å². The van der Waals surface area contributed by atoms with Crippen LogP contribution in [0.4, 0.5) is 5.69 Å². The summed E-state index contributed by atoms with van der Waals surface area (Å²) >= 11 is 1.46. The molecule has 1 aromatic rings. The average molecular weight is 388 g/mol. The van der Waals surface area contributed by atoms with E-state index in [1.165, 1.54) is 43.9 Å². The summed E-state index contributed by atoms with van der Waals surface area (Å²) in [5, 5.41) is 3.31. The number of hydrogen-bond acceptors (Lipinski definition) is 4. The normalized spacial score (nSPS) is 23.3. The zero-order valence-corrected chi connectivity index (χ0v) is 16.8. The van der Waals surface area contributed by atoms with Gasteiger partial charge in [-0.1, -0.05) is 62.1 Å². The molecule has 1 aromatic carbocycles. The van der Waals surface area contributed by atoms with E-state index < -0.39 is 0 Å². The van der Waals surface area contributed by atoms with Crippen molar-refractivity contribution < 1.29 is 9.59 Å². The number of carbonyl (C=O) groups excluding carboxylic acids is 2. The number of benzene rings is 1. The molecule has 1 saturated heterocycles. The first-order chi connectivity index (χ1) is 13.2. The molecule has 0 unspecified atom stereocenters. The first-order valence-electron chi connectivity index (χ1n) is 10.1. The molecule has 5 nitrogen and oxygen atoms in total. The van der Waals surface area contributed by atoms with E-state index in [4.69, 9.17) is 4.99 Å². The molecule has 1 N–H and O–H groups in total. The maximum Gasteiger partial charge on any atom is 0.242 e. The summed E-state index contributed by atoms with van der Waals surface area (Å²) in [6.07, 6.45) is 8.73. The smallest absolute Gasteiger partial charge is 0.242 e. The molecule has 1 heterocycles. The van der Waals surface area contributed by atoms with E-state index in [0.717, 1.165) is 23.7 Å². The third kappa shape index (κ3) is 5.58. The van der Waals surface area contributed by atoms with E-state index in [0.29, 0.717) is 12.6 Å². The molecule has 2 aliphatic rings. The van der Waals surface area contributed by atoms with Gasteiger partial charge in [0.05, 0.1) is 6.04 Å². The van der Waals surface area contributed by atoms with Crippen molar-refractivity contribution in [3.63, 3.8) is 0 Å². The number of rotatable bonds is 5. The van der Waals surface area contributed by atoms with Crippen molar-refractivity contribution in [1.82, 2.24) is 4.90 Å². The largest absolute Gasteiger partial charge is 0.326 e. The lowest BCUT2D eigenvalue weighted by molar-refractivity contribution is -0.128. The van der Waals surface area contributed by atoms with Gasteiger partial charge in [-0.05, 0) is 31.9 Å². The zero-order valence-electron chi connectivity index (χ0n) is 16.0. The Balaban J connectivity index is 1.63. The van der Waals surface area contributed by atoms with Gasteiger partial charge in [-0.15, -0.1) is 0 Å². The van der Waals surface area contributed by atoms with Crippen molar-refractivity contribution in [2.75, 3.05) is 11.9 Å². The van der Waals surface area contributed by atoms with Crippen molar-refractivity contribution in [3.8, 4) is 0 Å². The Morgan fingerprint density at radius 1 is 1.15 bits per heavy atom. The van der Waals surface area contributed by atoms with Gasteiger partial charge in [-0.3, -0.25) is 19.5 Å². The SMILES string of the molecule is CCN1C(=O)[C@H](CC(=O)Nc2ccccc2)SC1=NC1CCCCCCC1. The molecule has 1 aliphatic heterocycles. The molecule has 0 aromatic heterocycles. The van der Waals surface area contributed by atoms with Crippen molar-refractivity contribution in [3.05, 3.63) is 30.3 Å². The van der Waals surface area contributed by atoms with Crippen molar-refractivity contribution >= 4 is 34.4 Å². The van der Waals surface area contributed by atoms with Gasteiger partial charge in [0.25, 0.3) is 0 Å². The van der Waals surface area contributed by atoms with Crippen molar-refractivity contribution in [1.29, 1.82) is 0 Å². The van der Waals surface area contributed by atoms with Crippen molar-refractivity contribution in [2.45, 2.75) is 69.6 Å². The highest BCUT2D eigenvalue weighted by atomic mass is 32.2. The van der Waals surface area contributed by atoms with E-state index in [1.54, 1.807) is 4.90 Å². The summed E-state index contributed by atoms with van der Waals surface area (Å²) in [4.78, 5) is 31.8. The minimum Gasteiger partial charge on any atom is -0.326 e. The van der Waals surface area contributed by atoms with Gasteiger partial charge in [0.2, 0.25) is 11.8 Å². The number of amides is 2.